The molecule has 5 heterocycles. The number of carbonyl (C=O) groups excluding carboxylic acids is 2. The van der Waals surface area contributed by atoms with Gasteiger partial charge in [-0.2, -0.15) is 4.98 Å². The van der Waals surface area contributed by atoms with Gasteiger partial charge in [-0.1, -0.05) is 12.1 Å². The standard InChI is InChI=1S/C29H34N8O5/c1-5-36-16-29(2,3)42-25-23(26(36)38)24(32-27(33-25)37-14-19-10-11-20(15-37)41-19)17-6-8-18(9-7-17)30-28(39)31-21-12-13-22(40-4)35-34-21/h6-9,12-13,19-20H,5,10-11,14-16H2,1-4H3,(H2,30,31,34,39). The van der Waals surface area contributed by atoms with Crippen LogP contribution in [0.1, 0.15) is 44.0 Å². The van der Waals surface area contributed by atoms with E-state index in [2.05, 4.69) is 25.7 Å². The fraction of sp³-hybridized carbons (Fsp3) is 0.448. The Balaban J connectivity index is 1.31. The molecular weight excluding hydrogens is 540 g/mol. The van der Waals surface area contributed by atoms with E-state index in [4.69, 9.17) is 24.2 Å². The van der Waals surface area contributed by atoms with Gasteiger partial charge in [-0.15, -0.1) is 10.2 Å². The highest BCUT2D eigenvalue weighted by atomic mass is 16.5. The Morgan fingerprint density at radius 2 is 1.79 bits per heavy atom. The smallest absolute Gasteiger partial charge is 0.324 e. The van der Waals surface area contributed by atoms with Gasteiger partial charge in [0, 0.05) is 37.0 Å². The zero-order valence-corrected chi connectivity index (χ0v) is 24.1. The topological polar surface area (TPSA) is 144 Å². The van der Waals surface area contributed by atoms with E-state index >= 15 is 0 Å². The van der Waals surface area contributed by atoms with Crippen molar-refractivity contribution < 1.29 is 23.8 Å². The quantitative estimate of drug-likeness (QED) is 0.448. The number of ether oxygens (including phenoxy) is 3. The van der Waals surface area contributed by atoms with Crippen molar-refractivity contribution in [2.24, 2.45) is 0 Å². The Kier molecular flexibility index (Phi) is 7.27. The number of morpholine rings is 1. The van der Waals surface area contributed by atoms with E-state index in [1.165, 1.54) is 7.11 Å². The molecule has 0 aliphatic carbocycles. The monoisotopic (exact) mass is 574 g/mol. The summed E-state index contributed by atoms with van der Waals surface area (Å²) in [7, 11) is 1.49. The van der Waals surface area contributed by atoms with Crippen LogP contribution in [-0.4, -0.2) is 88.1 Å². The summed E-state index contributed by atoms with van der Waals surface area (Å²) in [6.45, 7) is 8.17. The first-order chi connectivity index (χ1) is 20.2. The predicted molar refractivity (Wildman–Crippen MR) is 155 cm³/mol. The average molecular weight is 575 g/mol. The highest BCUT2D eigenvalue weighted by Gasteiger charge is 2.39. The summed E-state index contributed by atoms with van der Waals surface area (Å²) in [5.74, 6) is 1.24. The summed E-state index contributed by atoms with van der Waals surface area (Å²) in [6, 6.07) is 9.85. The first-order valence-electron chi connectivity index (χ1n) is 14.1. The van der Waals surface area contributed by atoms with Gasteiger partial charge in [0.05, 0.1) is 31.6 Å². The van der Waals surface area contributed by atoms with E-state index in [0.717, 1.165) is 12.8 Å². The highest BCUT2D eigenvalue weighted by Crippen LogP contribution is 2.37. The predicted octanol–water partition coefficient (Wildman–Crippen LogP) is 3.59. The second-order valence-electron chi connectivity index (χ2n) is 11.2. The van der Waals surface area contributed by atoms with Gasteiger partial charge in [-0.05, 0) is 51.8 Å². The van der Waals surface area contributed by atoms with Gasteiger partial charge in [0.2, 0.25) is 17.7 Å². The van der Waals surface area contributed by atoms with E-state index in [0.29, 0.717) is 60.5 Å². The molecule has 2 saturated heterocycles. The number of methoxy groups -OCH3 is 1. The number of aromatic nitrogens is 4. The molecule has 42 heavy (non-hydrogen) atoms. The molecule has 0 spiro atoms. The summed E-state index contributed by atoms with van der Waals surface area (Å²) in [5.41, 5.74) is 1.42. The lowest BCUT2D eigenvalue weighted by Crippen LogP contribution is -2.43. The maximum absolute atomic E-state index is 13.8. The molecule has 0 saturated carbocycles. The number of fused-ring (bicyclic) bond motifs is 3. The van der Waals surface area contributed by atoms with Crippen LogP contribution in [0.2, 0.25) is 0 Å². The molecule has 2 aromatic heterocycles. The molecular formula is C29H34N8O5. The zero-order valence-electron chi connectivity index (χ0n) is 24.1. The first-order valence-corrected chi connectivity index (χ1v) is 14.1. The second-order valence-corrected chi connectivity index (χ2v) is 11.2. The van der Waals surface area contributed by atoms with Crippen LogP contribution in [0.25, 0.3) is 11.3 Å². The van der Waals surface area contributed by atoms with Crippen LogP contribution >= 0.6 is 0 Å². The largest absolute Gasteiger partial charge is 0.480 e. The number of likely N-dealkylation sites (N-methyl/N-ethyl adjacent to an activating group) is 1. The zero-order chi connectivity index (χ0) is 29.4. The number of anilines is 3. The number of carbonyl (C=O) groups is 2. The van der Waals surface area contributed by atoms with Gasteiger partial charge in [-0.3, -0.25) is 10.1 Å². The Bertz CT molecular complexity index is 1470. The molecule has 3 aromatic rings. The molecule has 3 amide bonds. The van der Waals surface area contributed by atoms with E-state index in [1.54, 1.807) is 29.2 Å². The number of urea groups is 1. The number of amides is 3. The summed E-state index contributed by atoms with van der Waals surface area (Å²) in [4.78, 5) is 40.0. The maximum Gasteiger partial charge on any atom is 0.324 e. The van der Waals surface area contributed by atoms with Crippen molar-refractivity contribution in [1.82, 2.24) is 25.1 Å². The summed E-state index contributed by atoms with van der Waals surface area (Å²) >= 11 is 0. The average Bonchev–Trinajstić information content (AvgIpc) is 3.27. The number of hydrogen-bond donors (Lipinski definition) is 2. The lowest BCUT2D eigenvalue weighted by Gasteiger charge is -2.33. The van der Waals surface area contributed by atoms with E-state index < -0.39 is 11.6 Å². The van der Waals surface area contributed by atoms with Crippen LogP contribution in [0.5, 0.6) is 11.8 Å². The van der Waals surface area contributed by atoms with Crippen molar-refractivity contribution in [1.29, 1.82) is 0 Å². The van der Waals surface area contributed by atoms with Gasteiger partial charge < -0.3 is 29.3 Å². The maximum atomic E-state index is 13.8. The van der Waals surface area contributed by atoms with Crippen LogP contribution in [0.4, 0.5) is 22.2 Å². The lowest BCUT2D eigenvalue weighted by atomic mass is 10.0. The van der Waals surface area contributed by atoms with Gasteiger partial charge >= 0.3 is 6.03 Å². The molecule has 0 radical (unpaired) electrons. The fourth-order valence-corrected chi connectivity index (χ4v) is 5.55. The van der Waals surface area contributed by atoms with Crippen molar-refractivity contribution in [3.63, 3.8) is 0 Å². The van der Waals surface area contributed by atoms with Crippen molar-refractivity contribution in [2.75, 3.05) is 48.8 Å². The molecule has 2 fully saturated rings. The SMILES string of the molecule is CCN1CC(C)(C)Oc2nc(N3CC4CCC(C3)O4)nc(-c3ccc(NC(=O)Nc4ccc(OC)nn4)cc3)c2C1=O. The van der Waals surface area contributed by atoms with Gasteiger partial charge in [-0.25, -0.2) is 9.78 Å². The molecule has 220 valence electrons. The number of nitrogens with zero attached hydrogens (tertiary/aromatic N) is 6. The Morgan fingerprint density at radius 3 is 2.43 bits per heavy atom. The molecule has 2 unspecified atom stereocenters. The van der Waals surface area contributed by atoms with Crippen molar-refractivity contribution in [2.45, 2.75) is 51.4 Å². The second kappa shape index (κ2) is 11.0. The normalized spacial score (nSPS) is 20.8. The number of benzene rings is 1. The number of nitrogens with one attached hydrogen (secondary N) is 2. The third-order valence-corrected chi connectivity index (χ3v) is 7.52. The Hall–Kier alpha value is -4.52. The summed E-state index contributed by atoms with van der Waals surface area (Å²) < 4.78 is 17.4. The molecule has 1 aromatic carbocycles. The van der Waals surface area contributed by atoms with Gasteiger partial charge in [0.25, 0.3) is 5.91 Å². The summed E-state index contributed by atoms with van der Waals surface area (Å²) in [6.07, 6.45) is 2.31. The van der Waals surface area contributed by atoms with E-state index in [9.17, 15) is 9.59 Å². The van der Waals surface area contributed by atoms with Crippen LogP contribution in [0.15, 0.2) is 36.4 Å². The minimum absolute atomic E-state index is 0.143. The van der Waals surface area contributed by atoms with Crippen LogP contribution < -0.4 is 25.0 Å². The summed E-state index contributed by atoms with van der Waals surface area (Å²) in [5, 5.41) is 13.2. The Morgan fingerprint density at radius 1 is 1.05 bits per heavy atom. The molecule has 2 atom stereocenters. The molecule has 3 aliphatic heterocycles. The van der Waals surface area contributed by atoms with Crippen molar-refractivity contribution >= 4 is 29.4 Å². The molecule has 13 nitrogen and oxygen atoms in total. The molecule has 2 N–H and O–H groups in total. The molecule has 13 heteroatoms. The van der Waals surface area contributed by atoms with Gasteiger partial charge in [0.1, 0.15) is 11.2 Å². The fourth-order valence-electron chi connectivity index (χ4n) is 5.55. The van der Waals surface area contributed by atoms with E-state index in [-0.39, 0.29) is 29.8 Å². The van der Waals surface area contributed by atoms with Crippen molar-refractivity contribution in [3.8, 4) is 23.0 Å². The van der Waals surface area contributed by atoms with Crippen LogP contribution in [-0.2, 0) is 4.74 Å². The third kappa shape index (κ3) is 5.64. The number of hydrogen-bond acceptors (Lipinski definition) is 10. The minimum Gasteiger partial charge on any atom is -0.480 e. The third-order valence-electron chi connectivity index (χ3n) is 7.52. The molecule has 2 bridgehead atoms. The Labute approximate surface area is 243 Å². The van der Waals surface area contributed by atoms with Crippen LogP contribution in [0, 0.1) is 0 Å². The molecule has 6 rings (SSSR count). The first kappa shape index (κ1) is 27.6. The minimum atomic E-state index is -0.640. The lowest BCUT2D eigenvalue weighted by molar-refractivity contribution is 0.0297. The van der Waals surface area contributed by atoms with Gasteiger partial charge in [0.15, 0.2) is 5.82 Å². The van der Waals surface area contributed by atoms with Crippen LogP contribution in [0.3, 0.4) is 0 Å². The number of rotatable bonds is 6. The van der Waals surface area contributed by atoms with Crippen molar-refractivity contribution in [3.05, 3.63) is 42.0 Å². The highest BCUT2D eigenvalue weighted by molar-refractivity contribution is 6.03. The van der Waals surface area contributed by atoms with E-state index in [1.807, 2.05) is 32.9 Å². The molecule has 3 aliphatic rings.